The average molecular weight is 335 g/mol. The number of benzene rings is 1. The second-order valence-corrected chi connectivity index (χ2v) is 7.44. The van der Waals surface area contributed by atoms with Crippen LogP contribution < -0.4 is 15.6 Å². The van der Waals surface area contributed by atoms with E-state index in [0.29, 0.717) is 12.1 Å². The maximum absolute atomic E-state index is 12.4. The SMILES string of the molecule is NS(=O)(=O)c1ccc(NC(=O)[C@H]2[C@@H](C(=O)[O-])[C@H]3C=C[C@@H]2C3)cc1. The van der Waals surface area contributed by atoms with Crippen LogP contribution in [-0.2, 0) is 19.6 Å². The van der Waals surface area contributed by atoms with E-state index < -0.39 is 33.7 Å². The topological polar surface area (TPSA) is 129 Å². The molecule has 4 atom stereocenters. The Morgan fingerprint density at radius 1 is 1.09 bits per heavy atom. The number of hydrogen-bond donors (Lipinski definition) is 2. The largest absolute Gasteiger partial charge is 0.550 e. The van der Waals surface area contributed by atoms with Gasteiger partial charge in [-0.3, -0.25) is 4.79 Å². The summed E-state index contributed by atoms with van der Waals surface area (Å²) in [6, 6.07) is 5.38. The monoisotopic (exact) mass is 335 g/mol. The summed E-state index contributed by atoms with van der Waals surface area (Å²) in [6.07, 6.45) is 4.34. The Hall–Kier alpha value is -2.19. The van der Waals surface area contributed by atoms with Crippen molar-refractivity contribution in [2.24, 2.45) is 28.8 Å². The molecular formula is C15H15N2O5S-. The van der Waals surface area contributed by atoms with Gasteiger partial charge < -0.3 is 15.2 Å². The normalized spacial score (nSPS) is 28.7. The number of nitrogens with one attached hydrogen (secondary N) is 1. The van der Waals surface area contributed by atoms with Gasteiger partial charge in [0.25, 0.3) is 0 Å². The number of carboxylic acids is 1. The predicted molar refractivity (Wildman–Crippen MR) is 79.2 cm³/mol. The van der Waals surface area contributed by atoms with Gasteiger partial charge in [-0.1, -0.05) is 12.2 Å². The fraction of sp³-hybridized carbons (Fsp3) is 0.333. The number of rotatable bonds is 4. The summed E-state index contributed by atoms with van der Waals surface area (Å²) in [7, 11) is -3.80. The first kappa shape index (κ1) is 15.7. The highest BCUT2D eigenvalue weighted by Crippen LogP contribution is 2.48. The van der Waals surface area contributed by atoms with E-state index in [1.54, 1.807) is 0 Å². The summed E-state index contributed by atoms with van der Waals surface area (Å²) in [6.45, 7) is 0. The van der Waals surface area contributed by atoms with Crippen LogP contribution in [-0.4, -0.2) is 20.3 Å². The molecule has 2 aliphatic carbocycles. The van der Waals surface area contributed by atoms with E-state index in [1.165, 1.54) is 24.3 Å². The maximum Gasteiger partial charge on any atom is 0.238 e. The van der Waals surface area contributed by atoms with Crippen molar-refractivity contribution in [1.29, 1.82) is 0 Å². The van der Waals surface area contributed by atoms with Crippen LogP contribution in [0.4, 0.5) is 5.69 Å². The Morgan fingerprint density at radius 2 is 1.65 bits per heavy atom. The molecule has 3 N–H and O–H groups in total. The molecule has 3 rings (SSSR count). The molecule has 1 saturated carbocycles. The number of carbonyl (C=O) groups excluding carboxylic acids is 2. The smallest absolute Gasteiger partial charge is 0.238 e. The van der Waals surface area contributed by atoms with Crippen LogP contribution in [0.15, 0.2) is 41.3 Å². The van der Waals surface area contributed by atoms with Crippen molar-refractivity contribution >= 4 is 27.6 Å². The van der Waals surface area contributed by atoms with Gasteiger partial charge in [0.15, 0.2) is 0 Å². The average Bonchev–Trinajstić information content (AvgIpc) is 3.07. The van der Waals surface area contributed by atoms with Crippen LogP contribution in [0.25, 0.3) is 0 Å². The molecule has 0 spiro atoms. The number of carbonyl (C=O) groups is 2. The van der Waals surface area contributed by atoms with Gasteiger partial charge >= 0.3 is 0 Å². The molecule has 0 saturated heterocycles. The minimum Gasteiger partial charge on any atom is -0.550 e. The van der Waals surface area contributed by atoms with Gasteiger partial charge in [-0.2, -0.15) is 0 Å². The van der Waals surface area contributed by atoms with E-state index in [1.807, 2.05) is 12.2 Å². The van der Waals surface area contributed by atoms with Crippen molar-refractivity contribution in [2.45, 2.75) is 11.3 Å². The molecule has 1 aromatic rings. The molecule has 1 amide bonds. The Morgan fingerprint density at radius 3 is 2.17 bits per heavy atom. The third-order valence-corrected chi connectivity index (χ3v) is 5.41. The van der Waals surface area contributed by atoms with Crippen molar-refractivity contribution in [1.82, 2.24) is 0 Å². The highest BCUT2D eigenvalue weighted by molar-refractivity contribution is 7.89. The maximum atomic E-state index is 12.4. The van der Waals surface area contributed by atoms with Crippen LogP contribution in [0.2, 0.25) is 0 Å². The number of hydrogen-bond acceptors (Lipinski definition) is 5. The molecule has 1 fully saturated rings. The highest BCUT2D eigenvalue weighted by atomic mass is 32.2. The number of primary sulfonamides is 1. The van der Waals surface area contributed by atoms with E-state index >= 15 is 0 Å². The van der Waals surface area contributed by atoms with Gasteiger partial charge in [0.2, 0.25) is 15.9 Å². The Balaban J connectivity index is 1.77. The van der Waals surface area contributed by atoms with Crippen molar-refractivity contribution in [3.63, 3.8) is 0 Å². The van der Waals surface area contributed by atoms with Crippen LogP contribution in [0.1, 0.15) is 6.42 Å². The lowest BCUT2D eigenvalue weighted by atomic mass is 9.82. The van der Waals surface area contributed by atoms with Crippen molar-refractivity contribution in [3.8, 4) is 0 Å². The fourth-order valence-corrected chi connectivity index (χ4v) is 3.97. The predicted octanol–water partition coefficient (Wildman–Crippen LogP) is -0.539. The first-order valence-electron chi connectivity index (χ1n) is 7.10. The third-order valence-electron chi connectivity index (χ3n) is 4.48. The molecule has 8 heteroatoms. The third kappa shape index (κ3) is 2.87. The van der Waals surface area contributed by atoms with E-state index in [-0.39, 0.29) is 16.7 Å². The van der Waals surface area contributed by atoms with E-state index in [0.717, 1.165) is 0 Å². The summed E-state index contributed by atoms with van der Waals surface area (Å²) in [5.41, 5.74) is 0.381. The van der Waals surface area contributed by atoms with E-state index in [9.17, 15) is 23.1 Å². The number of aliphatic carboxylic acids is 1. The van der Waals surface area contributed by atoms with Gasteiger partial charge in [0.05, 0.1) is 10.8 Å². The lowest BCUT2D eigenvalue weighted by molar-refractivity contribution is -0.313. The zero-order chi connectivity index (χ0) is 16.8. The van der Waals surface area contributed by atoms with Crippen LogP contribution in [0, 0.1) is 23.7 Å². The highest BCUT2D eigenvalue weighted by Gasteiger charge is 2.48. The standard InChI is InChI=1S/C15H16N2O5S/c16-23(21,22)11-5-3-10(4-6-11)17-14(18)12-8-1-2-9(7-8)13(12)15(19)20/h1-6,8-9,12-13H,7H2,(H,17,18)(H,19,20)(H2,16,21,22)/p-1/t8-,9+,12-,13+/m1/s1. The minimum absolute atomic E-state index is 0.0639. The van der Waals surface area contributed by atoms with Gasteiger partial charge in [-0.05, 0) is 42.5 Å². The summed E-state index contributed by atoms with van der Waals surface area (Å²) in [5, 5.41) is 18.9. The van der Waals surface area contributed by atoms with Gasteiger partial charge in [0.1, 0.15) is 0 Å². The summed E-state index contributed by atoms with van der Waals surface area (Å²) in [4.78, 5) is 23.7. The van der Waals surface area contributed by atoms with E-state index in [2.05, 4.69) is 5.32 Å². The van der Waals surface area contributed by atoms with Crippen molar-refractivity contribution in [3.05, 3.63) is 36.4 Å². The molecular weight excluding hydrogens is 320 g/mol. The van der Waals surface area contributed by atoms with Gasteiger partial charge in [-0.15, -0.1) is 0 Å². The summed E-state index contributed by atoms with van der Waals surface area (Å²) < 4.78 is 22.4. The molecule has 0 heterocycles. The second kappa shape index (κ2) is 5.47. The van der Waals surface area contributed by atoms with Crippen LogP contribution >= 0.6 is 0 Å². The minimum atomic E-state index is -3.80. The summed E-state index contributed by atoms with van der Waals surface area (Å²) >= 11 is 0. The molecule has 2 aliphatic rings. The molecule has 0 radical (unpaired) electrons. The fourth-order valence-electron chi connectivity index (χ4n) is 3.45. The molecule has 0 aliphatic heterocycles. The number of anilines is 1. The van der Waals surface area contributed by atoms with E-state index in [4.69, 9.17) is 5.14 Å². The number of nitrogens with two attached hydrogens (primary N) is 1. The van der Waals surface area contributed by atoms with Crippen molar-refractivity contribution in [2.75, 3.05) is 5.32 Å². The Kier molecular flexibility index (Phi) is 3.73. The van der Waals surface area contributed by atoms with Crippen LogP contribution in [0.3, 0.4) is 0 Å². The molecule has 122 valence electrons. The molecule has 2 bridgehead atoms. The molecule has 7 nitrogen and oxygen atoms in total. The van der Waals surface area contributed by atoms with Crippen molar-refractivity contribution < 1.29 is 23.1 Å². The lowest BCUT2D eigenvalue weighted by Gasteiger charge is -2.27. The van der Waals surface area contributed by atoms with Crippen LogP contribution in [0.5, 0.6) is 0 Å². The first-order chi connectivity index (χ1) is 10.8. The van der Waals surface area contributed by atoms with Gasteiger partial charge in [-0.25, -0.2) is 13.6 Å². The Bertz CT molecular complexity index is 785. The Labute approximate surface area is 133 Å². The number of amides is 1. The lowest BCUT2D eigenvalue weighted by Crippen LogP contribution is -2.42. The zero-order valence-corrected chi connectivity index (χ0v) is 12.8. The van der Waals surface area contributed by atoms with Gasteiger partial charge in [0, 0.05) is 17.6 Å². The number of sulfonamides is 1. The molecule has 0 aromatic heterocycles. The number of allylic oxidation sites excluding steroid dienone is 2. The quantitative estimate of drug-likeness (QED) is 0.714. The molecule has 1 aromatic carbocycles. The molecule has 23 heavy (non-hydrogen) atoms. The second-order valence-electron chi connectivity index (χ2n) is 5.88. The first-order valence-corrected chi connectivity index (χ1v) is 8.65. The number of carboxylic acid groups (broad SMARTS) is 1. The zero-order valence-electron chi connectivity index (χ0n) is 12.0. The number of fused-ring (bicyclic) bond motifs is 2. The summed E-state index contributed by atoms with van der Waals surface area (Å²) in [5.74, 6) is -3.38. The molecule has 0 unspecified atom stereocenters.